The summed E-state index contributed by atoms with van der Waals surface area (Å²) in [6.07, 6.45) is 3.79. The van der Waals surface area contributed by atoms with Crippen molar-refractivity contribution in [2.45, 2.75) is 24.7 Å². The van der Waals surface area contributed by atoms with Gasteiger partial charge in [-0.3, -0.25) is 0 Å². The van der Waals surface area contributed by atoms with Gasteiger partial charge in [0, 0.05) is 31.3 Å². The number of aromatic hydroxyl groups is 1. The summed E-state index contributed by atoms with van der Waals surface area (Å²) in [5.74, 6) is 1.33. The molecular formula is C25H26BrN5O2S. The SMILES string of the molecule is Cc1ccc(S(=O)N2CCCC(CNc3cc(-c4ccccc4O)nc4c(Br)cnn34)C2)cc1. The third-order valence-electron chi connectivity index (χ3n) is 6.12. The average Bonchev–Trinajstić information content (AvgIpc) is 3.24. The summed E-state index contributed by atoms with van der Waals surface area (Å²) in [6.45, 7) is 4.35. The number of aromatic nitrogens is 3. The van der Waals surface area contributed by atoms with Crippen molar-refractivity contribution in [1.82, 2.24) is 18.9 Å². The smallest absolute Gasteiger partial charge is 0.172 e. The minimum atomic E-state index is -1.15. The Morgan fingerprint density at radius 3 is 2.79 bits per heavy atom. The van der Waals surface area contributed by atoms with Gasteiger partial charge in [0.25, 0.3) is 0 Å². The van der Waals surface area contributed by atoms with Gasteiger partial charge < -0.3 is 10.4 Å². The standard InChI is InChI=1S/C25H26BrN5O2S/c1-17-8-10-19(11-9-17)34(33)30-12-4-5-18(16-30)14-27-24-13-22(20-6-2-3-7-23(20)32)29-25-21(26)15-28-31(24)25/h2-3,6-11,13,15,18,27,32H,4-5,12,14,16H2,1H3. The number of phenols is 1. The molecule has 3 heterocycles. The van der Waals surface area contributed by atoms with Crippen LogP contribution >= 0.6 is 15.9 Å². The van der Waals surface area contributed by atoms with Crippen molar-refractivity contribution in [3.63, 3.8) is 0 Å². The highest BCUT2D eigenvalue weighted by Gasteiger charge is 2.25. The van der Waals surface area contributed by atoms with Gasteiger partial charge in [-0.1, -0.05) is 29.8 Å². The quantitative estimate of drug-likeness (QED) is 0.359. The molecule has 1 fully saturated rings. The van der Waals surface area contributed by atoms with Gasteiger partial charge in [-0.25, -0.2) is 13.5 Å². The number of halogens is 1. The van der Waals surface area contributed by atoms with Crippen LogP contribution in [0, 0.1) is 12.8 Å². The second-order valence-corrected chi connectivity index (χ2v) is 11.0. The summed E-state index contributed by atoms with van der Waals surface area (Å²) >= 11 is 3.53. The number of para-hydroxylation sites is 1. The Balaban J connectivity index is 1.35. The predicted octanol–water partition coefficient (Wildman–Crippen LogP) is 5.02. The van der Waals surface area contributed by atoms with Gasteiger partial charge in [0.1, 0.15) is 22.6 Å². The third-order valence-corrected chi connectivity index (χ3v) is 8.15. The van der Waals surface area contributed by atoms with E-state index >= 15 is 0 Å². The molecule has 0 radical (unpaired) electrons. The number of fused-ring (bicyclic) bond motifs is 1. The number of benzene rings is 2. The molecule has 0 aliphatic carbocycles. The molecule has 34 heavy (non-hydrogen) atoms. The summed E-state index contributed by atoms with van der Waals surface area (Å²) in [4.78, 5) is 5.55. The average molecular weight is 540 g/mol. The first kappa shape index (κ1) is 23.0. The lowest BCUT2D eigenvalue weighted by atomic mass is 10.00. The Kier molecular flexibility index (Phi) is 6.67. The van der Waals surface area contributed by atoms with Crippen LogP contribution in [0.25, 0.3) is 16.9 Å². The zero-order chi connectivity index (χ0) is 23.7. The van der Waals surface area contributed by atoms with Crippen LogP contribution in [0.5, 0.6) is 5.75 Å². The number of hydrogen-bond acceptors (Lipinski definition) is 5. The van der Waals surface area contributed by atoms with Gasteiger partial charge in [0.05, 0.1) is 21.3 Å². The van der Waals surface area contributed by atoms with Crippen molar-refractivity contribution in [2.24, 2.45) is 5.92 Å². The van der Waals surface area contributed by atoms with Crippen molar-refractivity contribution in [1.29, 1.82) is 0 Å². The molecular weight excluding hydrogens is 514 g/mol. The molecule has 5 rings (SSSR count). The van der Waals surface area contributed by atoms with Crippen molar-refractivity contribution >= 4 is 38.4 Å². The molecule has 2 atom stereocenters. The number of phenolic OH excluding ortho intramolecular Hbond substituents is 1. The second-order valence-electron chi connectivity index (χ2n) is 8.61. The summed E-state index contributed by atoms with van der Waals surface area (Å²) in [6, 6.07) is 17.0. The maximum atomic E-state index is 13.1. The van der Waals surface area contributed by atoms with Gasteiger partial charge in [-0.15, -0.1) is 0 Å². The first-order valence-electron chi connectivity index (χ1n) is 11.3. The Morgan fingerprint density at radius 1 is 1.21 bits per heavy atom. The fraction of sp³-hybridized carbons (Fsp3) is 0.280. The minimum absolute atomic E-state index is 0.183. The lowest BCUT2D eigenvalue weighted by Gasteiger charge is -2.31. The molecule has 4 aromatic rings. The van der Waals surface area contributed by atoms with Crippen LogP contribution in [0.15, 0.2) is 70.2 Å². The Hall–Kier alpha value is -2.75. The van der Waals surface area contributed by atoms with E-state index in [2.05, 4.69) is 30.7 Å². The van der Waals surface area contributed by atoms with Crippen LogP contribution in [-0.2, 0) is 11.0 Å². The summed E-state index contributed by atoms with van der Waals surface area (Å²) in [5, 5.41) is 18.3. The molecule has 7 nitrogen and oxygen atoms in total. The highest BCUT2D eigenvalue weighted by atomic mass is 79.9. The lowest BCUT2D eigenvalue weighted by Crippen LogP contribution is -2.39. The molecule has 1 aliphatic rings. The van der Waals surface area contributed by atoms with Crippen LogP contribution in [0.2, 0.25) is 0 Å². The minimum Gasteiger partial charge on any atom is -0.507 e. The monoisotopic (exact) mass is 539 g/mol. The number of nitrogens with one attached hydrogen (secondary N) is 1. The molecule has 0 bridgehead atoms. The van der Waals surface area contributed by atoms with Crippen molar-refractivity contribution < 1.29 is 9.32 Å². The molecule has 0 amide bonds. The molecule has 2 aromatic heterocycles. The Morgan fingerprint density at radius 2 is 2.00 bits per heavy atom. The molecule has 2 aromatic carbocycles. The van der Waals surface area contributed by atoms with E-state index in [0.29, 0.717) is 22.8 Å². The van der Waals surface area contributed by atoms with E-state index in [1.807, 2.05) is 49.4 Å². The molecule has 176 valence electrons. The zero-order valence-electron chi connectivity index (χ0n) is 18.8. The Labute approximate surface area is 209 Å². The van der Waals surface area contributed by atoms with Gasteiger partial charge >= 0.3 is 0 Å². The number of anilines is 1. The predicted molar refractivity (Wildman–Crippen MR) is 138 cm³/mol. The highest BCUT2D eigenvalue weighted by Crippen LogP contribution is 2.31. The molecule has 1 aliphatic heterocycles. The van der Waals surface area contributed by atoms with Crippen molar-refractivity contribution in [3.8, 4) is 17.0 Å². The third kappa shape index (κ3) is 4.73. The Bertz CT molecular complexity index is 1340. The topological polar surface area (TPSA) is 82.8 Å². The fourth-order valence-electron chi connectivity index (χ4n) is 4.29. The molecule has 2 unspecified atom stereocenters. The van der Waals surface area contributed by atoms with Crippen molar-refractivity contribution in [2.75, 3.05) is 25.0 Å². The fourth-order valence-corrected chi connectivity index (χ4v) is 5.94. The summed E-state index contributed by atoms with van der Waals surface area (Å²) in [7, 11) is -1.15. The number of nitrogens with zero attached hydrogens (tertiary/aromatic N) is 4. The van der Waals surface area contributed by atoms with Crippen LogP contribution in [0.3, 0.4) is 0 Å². The molecule has 0 spiro atoms. The first-order chi connectivity index (χ1) is 16.5. The molecule has 0 saturated carbocycles. The van der Waals surface area contributed by atoms with E-state index in [0.717, 1.165) is 47.7 Å². The van der Waals surface area contributed by atoms with E-state index in [4.69, 9.17) is 4.98 Å². The van der Waals surface area contributed by atoms with E-state index in [9.17, 15) is 9.32 Å². The van der Waals surface area contributed by atoms with Crippen LogP contribution in [-0.4, -0.2) is 47.9 Å². The summed E-state index contributed by atoms with van der Waals surface area (Å²) < 4.78 is 17.7. The maximum Gasteiger partial charge on any atom is 0.172 e. The van der Waals surface area contributed by atoms with Crippen LogP contribution in [0.1, 0.15) is 18.4 Å². The van der Waals surface area contributed by atoms with Crippen LogP contribution in [0.4, 0.5) is 5.82 Å². The largest absolute Gasteiger partial charge is 0.507 e. The second kappa shape index (κ2) is 9.85. The normalized spacial score (nSPS) is 17.6. The van der Waals surface area contributed by atoms with Crippen molar-refractivity contribution in [3.05, 3.63) is 70.8 Å². The van der Waals surface area contributed by atoms with E-state index in [1.54, 1.807) is 22.8 Å². The highest BCUT2D eigenvalue weighted by molar-refractivity contribution is 9.10. The number of hydrogen-bond donors (Lipinski definition) is 2. The lowest BCUT2D eigenvalue weighted by molar-refractivity contribution is 0.286. The first-order valence-corrected chi connectivity index (χ1v) is 13.2. The molecule has 1 saturated heterocycles. The molecule has 9 heteroatoms. The summed E-state index contributed by atoms with van der Waals surface area (Å²) in [5.41, 5.74) is 3.17. The van der Waals surface area contributed by atoms with E-state index < -0.39 is 11.0 Å². The number of rotatable bonds is 6. The van der Waals surface area contributed by atoms with E-state index in [1.165, 1.54) is 5.56 Å². The molecule has 2 N–H and O–H groups in total. The van der Waals surface area contributed by atoms with Gasteiger partial charge in [0.2, 0.25) is 0 Å². The number of aryl methyl sites for hydroxylation is 1. The van der Waals surface area contributed by atoms with Gasteiger partial charge in [-0.2, -0.15) is 9.61 Å². The van der Waals surface area contributed by atoms with E-state index in [-0.39, 0.29) is 5.75 Å². The number of piperidine rings is 1. The van der Waals surface area contributed by atoms with Crippen LogP contribution < -0.4 is 5.32 Å². The zero-order valence-corrected chi connectivity index (χ0v) is 21.2. The maximum absolute atomic E-state index is 13.1. The van der Waals surface area contributed by atoms with Gasteiger partial charge in [-0.05, 0) is 65.9 Å². The van der Waals surface area contributed by atoms with Gasteiger partial charge in [0.15, 0.2) is 5.65 Å².